The molecule has 2 amide bonds. The van der Waals surface area contributed by atoms with E-state index in [0.717, 1.165) is 34.5 Å². The molecule has 5 nitrogen and oxygen atoms in total. The van der Waals surface area contributed by atoms with Gasteiger partial charge in [0.2, 0.25) is 6.17 Å². The lowest BCUT2D eigenvalue weighted by atomic mass is 9.98. The van der Waals surface area contributed by atoms with Gasteiger partial charge >= 0.3 is 0 Å². The number of para-hydroxylation sites is 1. The zero-order chi connectivity index (χ0) is 21.5. The van der Waals surface area contributed by atoms with E-state index in [2.05, 4.69) is 10.3 Å². The molecule has 0 aromatic heterocycles. The molecule has 0 aliphatic carbocycles. The van der Waals surface area contributed by atoms with Gasteiger partial charge in [0.1, 0.15) is 0 Å². The van der Waals surface area contributed by atoms with Gasteiger partial charge in [0.05, 0.1) is 11.4 Å². The van der Waals surface area contributed by atoms with Crippen LogP contribution in [0, 0.1) is 11.6 Å². The van der Waals surface area contributed by atoms with E-state index in [-0.39, 0.29) is 11.5 Å². The topological polar surface area (TPSA) is 61.8 Å². The zero-order valence-electron chi connectivity index (χ0n) is 16.3. The zero-order valence-corrected chi connectivity index (χ0v) is 16.3. The largest absolute Gasteiger partial charge is 0.322 e. The molecule has 0 saturated heterocycles. The summed E-state index contributed by atoms with van der Waals surface area (Å²) in [5, 5.41) is 2.59. The van der Waals surface area contributed by atoms with Crippen molar-refractivity contribution in [2.75, 3.05) is 11.4 Å². The Labute approximate surface area is 177 Å². The number of hydrogen-bond donors (Lipinski definition) is 1. The summed E-state index contributed by atoms with van der Waals surface area (Å²) in [6.45, 7) is 0.486. The molecule has 1 atom stereocenters. The first-order chi connectivity index (χ1) is 15.0. The van der Waals surface area contributed by atoms with Crippen LogP contribution in [0.5, 0.6) is 0 Å². The number of carbonyl (C=O) groups is 2. The summed E-state index contributed by atoms with van der Waals surface area (Å²) >= 11 is 0. The predicted molar refractivity (Wildman–Crippen MR) is 112 cm³/mol. The molecule has 0 spiro atoms. The summed E-state index contributed by atoms with van der Waals surface area (Å²) in [5.41, 5.74) is 3.98. The second-order valence-electron chi connectivity index (χ2n) is 7.40. The minimum absolute atomic E-state index is 0.0907. The maximum absolute atomic E-state index is 13.6. The van der Waals surface area contributed by atoms with E-state index in [4.69, 9.17) is 0 Å². The number of halogens is 2. The number of nitrogens with one attached hydrogen (secondary N) is 1. The van der Waals surface area contributed by atoms with Crippen molar-refractivity contribution in [2.45, 2.75) is 12.6 Å². The minimum Gasteiger partial charge on any atom is -0.322 e. The van der Waals surface area contributed by atoms with E-state index >= 15 is 0 Å². The van der Waals surface area contributed by atoms with Crippen molar-refractivity contribution < 1.29 is 18.4 Å². The molecule has 3 aromatic rings. The molecule has 0 radical (unpaired) electrons. The second-order valence-corrected chi connectivity index (χ2v) is 7.40. The van der Waals surface area contributed by atoms with E-state index in [1.807, 2.05) is 48.5 Å². The van der Waals surface area contributed by atoms with Crippen molar-refractivity contribution in [2.24, 2.45) is 4.99 Å². The standard InChI is InChI=1S/C24H17F2N3O2/c25-18-10-9-16(13-19(18)26)23(30)28-22-24(31)29-12-11-15-7-4-8-17(21(15)29)20(27-22)14-5-2-1-3-6-14/h1-10,13,22H,11-12H2,(H,28,30)/t22-/m0/s1. The predicted octanol–water partition coefficient (Wildman–Crippen LogP) is 3.46. The van der Waals surface area contributed by atoms with Gasteiger partial charge < -0.3 is 10.2 Å². The molecule has 1 N–H and O–H groups in total. The van der Waals surface area contributed by atoms with Crippen molar-refractivity contribution in [3.8, 4) is 0 Å². The highest BCUT2D eigenvalue weighted by Gasteiger charge is 2.37. The average Bonchev–Trinajstić information content (AvgIpc) is 3.18. The number of benzene rings is 3. The Morgan fingerprint density at radius 2 is 1.81 bits per heavy atom. The van der Waals surface area contributed by atoms with Crippen LogP contribution < -0.4 is 10.2 Å². The van der Waals surface area contributed by atoms with E-state index in [0.29, 0.717) is 18.7 Å². The Morgan fingerprint density at radius 1 is 1.00 bits per heavy atom. The van der Waals surface area contributed by atoms with Crippen molar-refractivity contribution in [1.82, 2.24) is 5.32 Å². The van der Waals surface area contributed by atoms with Gasteiger partial charge in [0.25, 0.3) is 11.8 Å². The summed E-state index contributed by atoms with van der Waals surface area (Å²) < 4.78 is 26.8. The Bertz CT molecular complexity index is 1240. The van der Waals surface area contributed by atoms with Crippen LogP contribution in [0.1, 0.15) is 27.0 Å². The van der Waals surface area contributed by atoms with Gasteiger partial charge in [-0.05, 0) is 30.2 Å². The van der Waals surface area contributed by atoms with Gasteiger partial charge in [-0.15, -0.1) is 0 Å². The Kier molecular flexibility index (Phi) is 4.58. The molecule has 2 aliphatic heterocycles. The summed E-state index contributed by atoms with van der Waals surface area (Å²) in [6.07, 6.45) is -0.491. The number of rotatable bonds is 3. The van der Waals surface area contributed by atoms with Crippen molar-refractivity contribution in [3.05, 3.63) is 101 Å². The number of carbonyl (C=O) groups excluding carboxylic acids is 2. The lowest BCUT2D eigenvalue weighted by Crippen LogP contribution is -2.47. The quantitative estimate of drug-likeness (QED) is 0.710. The molecule has 154 valence electrons. The number of anilines is 1. The molecule has 31 heavy (non-hydrogen) atoms. The normalized spacial score (nSPS) is 17.1. The molecular weight excluding hydrogens is 400 g/mol. The van der Waals surface area contributed by atoms with Gasteiger partial charge in [-0.2, -0.15) is 0 Å². The first-order valence-corrected chi connectivity index (χ1v) is 9.86. The average molecular weight is 417 g/mol. The van der Waals surface area contributed by atoms with Gasteiger partial charge in [-0.3, -0.25) is 9.59 Å². The lowest BCUT2D eigenvalue weighted by Gasteiger charge is -2.21. The Hall–Kier alpha value is -3.87. The van der Waals surface area contributed by atoms with Gasteiger partial charge in [0.15, 0.2) is 11.6 Å². The highest BCUT2D eigenvalue weighted by molar-refractivity contribution is 6.21. The molecule has 3 aromatic carbocycles. The van der Waals surface area contributed by atoms with Crippen LogP contribution in [0.3, 0.4) is 0 Å². The number of amides is 2. The van der Waals surface area contributed by atoms with Crippen LogP contribution in [-0.2, 0) is 11.2 Å². The highest BCUT2D eigenvalue weighted by Crippen LogP contribution is 2.36. The van der Waals surface area contributed by atoms with Gasteiger partial charge in [-0.1, -0.05) is 48.5 Å². The minimum atomic E-state index is -1.20. The van der Waals surface area contributed by atoms with Crippen LogP contribution in [0.25, 0.3) is 0 Å². The molecule has 0 unspecified atom stereocenters. The van der Waals surface area contributed by atoms with E-state index in [9.17, 15) is 18.4 Å². The molecule has 5 rings (SSSR count). The summed E-state index contributed by atoms with van der Waals surface area (Å²) in [5.74, 6) is -3.26. The molecular formula is C24H17F2N3O2. The SMILES string of the molecule is O=C(N[C@@H]1N=C(c2ccccc2)c2cccc3c2N(CC3)C1=O)c1ccc(F)c(F)c1. The van der Waals surface area contributed by atoms with Crippen LogP contribution in [-0.4, -0.2) is 30.2 Å². The molecule has 2 heterocycles. The molecule has 0 saturated carbocycles. The maximum Gasteiger partial charge on any atom is 0.272 e. The summed E-state index contributed by atoms with van der Waals surface area (Å²) in [4.78, 5) is 32.3. The first-order valence-electron chi connectivity index (χ1n) is 9.86. The molecule has 0 fully saturated rings. The fraction of sp³-hybridized carbons (Fsp3) is 0.125. The lowest BCUT2D eigenvalue weighted by molar-refractivity contribution is -0.120. The Morgan fingerprint density at radius 3 is 2.58 bits per heavy atom. The van der Waals surface area contributed by atoms with Gasteiger partial charge in [-0.25, -0.2) is 13.8 Å². The number of aliphatic imine (C=N–C) groups is 1. The van der Waals surface area contributed by atoms with E-state index < -0.39 is 23.7 Å². The van der Waals surface area contributed by atoms with Crippen molar-refractivity contribution in [3.63, 3.8) is 0 Å². The summed E-state index contributed by atoms with van der Waals surface area (Å²) in [6, 6.07) is 18.1. The third-order valence-electron chi connectivity index (χ3n) is 5.50. The molecule has 0 bridgehead atoms. The molecule has 2 aliphatic rings. The summed E-state index contributed by atoms with van der Waals surface area (Å²) in [7, 11) is 0. The number of nitrogens with zero attached hydrogens (tertiary/aromatic N) is 2. The highest BCUT2D eigenvalue weighted by atomic mass is 19.2. The Balaban J connectivity index is 1.59. The van der Waals surface area contributed by atoms with Crippen LogP contribution in [0.4, 0.5) is 14.5 Å². The van der Waals surface area contributed by atoms with Gasteiger partial charge in [0, 0.05) is 23.2 Å². The third kappa shape index (κ3) is 3.28. The first kappa shape index (κ1) is 19.1. The fourth-order valence-electron chi connectivity index (χ4n) is 4.03. The van der Waals surface area contributed by atoms with Crippen LogP contribution >= 0.6 is 0 Å². The van der Waals surface area contributed by atoms with Crippen molar-refractivity contribution in [1.29, 1.82) is 0 Å². The van der Waals surface area contributed by atoms with Crippen molar-refractivity contribution >= 4 is 23.2 Å². The second kappa shape index (κ2) is 7.43. The number of hydrogen-bond acceptors (Lipinski definition) is 3. The van der Waals surface area contributed by atoms with E-state index in [1.165, 1.54) is 6.07 Å². The van der Waals surface area contributed by atoms with Crippen LogP contribution in [0.2, 0.25) is 0 Å². The monoisotopic (exact) mass is 417 g/mol. The fourth-order valence-corrected chi connectivity index (χ4v) is 4.03. The smallest absolute Gasteiger partial charge is 0.272 e. The third-order valence-corrected chi connectivity index (χ3v) is 5.50. The maximum atomic E-state index is 13.6. The van der Waals surface area contributed by atoms with Crippen LogP contribution in [0.15, 0.2) is 71.7 Å². The van der Waals surface area contributed by atoms with E-state index in [1.54, 1.807) is 4.90 Å². The molecule has 7 heteroatoms.